The van der Waals surface area contributed by atoms with Crippen molar-refractivity contribution in [3.63, 3.8) is 0 Å². The lowest BCUT2D eigenvalue weighted by atomic mass is 10.3. The van der Waals surface area contributed by atoms with Gasteiger partial charge in [-0.25, -0.2) is 0 Å². The lowest BCUT2D eigenvalue weighted by Crippen LogP contribution is -2.40. The maximum Gasteiger partial charge on any atom is 0.155 e. The second-order valence-electron chi connectivity index (χ2n) is 3.23. The Labute approximate surface area is 63.1 Å². The molecule has 58 valence electrons. The summed E-state index contributed by atoms with van der Waals surface area (Å²) in [6.45, 7) is 4.57. The van der Waals surface area contributed by atoms with E-state index in [1.54, 1.807) is 0 Å². The van der Waals surface area contributed by atoms with Crippen LogP contribution in [0.2, 0.25) is 0 Å². The van der Waals surface area contributed by atoms with Crippen molar-refractivity contribution in [2.75, 3.05) is 20.3 Å². The van der Waals surface area contributed by atoms with Crippen LogP contribution in [-0.4, -0.2) is 24.7 Å². The van der Waals surface area contributed by atoms with Crippen molar-refractivity contribution < 1.29 is 4.48 Å². The summed E-state index contributed by atoms with van der Waals surface area (Å²) >= 11 is 0. The third-order valence-electron chi connectivity index (χ3n) is 2.03. The zero-order chi connectivity index (χ0) is 7.45. The Bertz CT molecular complexity index is 131. The molecule has 1 atom stereocenters. The first-order chi connectivity index (χ1) is 4.77. The first-order valence-corrected chi connectivity index (χ1v) is 4.02. The van der Waals surface area contributed by atoms with Gasteiger partial charge in [-0.3, -0.25) is 4.48 Å². The predicted molar refractivity (Wildman–Crippen MR) is 43.1 cm³/mol. The van der Waals surface area contributed by atoms with E-state index in [9.17, 15) is 0 Å². The van der Waals surface area contributed by atoms with Gasteiger partial charge in [0.05, 0.1) is 19.8 Å². The molecule has 0 amide bonds. The Morgan fingerprint density at radius 3 is 2.90 bits per heavy atom. The van der Waals surface area contributed by atoms with Crippen molar-refractivity contribution in [1.29, 1.82) is 0 Å². The van der Waals surface area contributed by atoms with Gasteiger partial charge in [0.25, 0.3) is 0 Å². The zero-order valence-electron chi connectivity index (χ0n) is 6.93. The van der Waals surface area contributed by atoms with Crippen LogP contribution in [-0.2, 0) is 0 Å². The van der Waals surface area contributed by atoms with E-state index in [-0.39, 0.29) is 0 Å². The molecule has 10 heavy (non-hydrogen) atoms. The SMILES string of the molecule is CCCC[N+]1(C)C=CNC1. The van der Waals surface area contributed by atoms with Gasteiger partial charge in [0.2, 0.25) is 0 Å². The topological polar surface area (TPSA) is 12.0 Å². The number of hydrogen-bond acceptors (Lipinski definition) is 1. The van der Waals surface area contributed by atoms with E-state index in [2.05, 4.69) is 31.7 Å². The monoisotopic (exact) mass is 141 g/mol. The minimum atomic E-state index is 1.06. The van der Waals surface area contributed by atoms with Crippen LogP contribution in [0.3, 0.4) is 0 Å². The van der Waals surface area contributed by atoms with Crippen LogP contribution in [0.15, 0.2) is 12.4 Å². The minimum absolute atomic E-state index is 1.06. The number of quaternary nitrogens is 1. The Kier molecular flexibility index (Phi) is 2.33. The van der Waals surface area contributed by atoms with Gasteiger partial charge in [-0.05, 0) is 6.42 Å². The molecule has 1 rings (SSSR count). The largest absolute Gasteiger partial charge is 0.340 e. The number of rotatable bonds is 3. The minimum Gasteiger partial charge on any atom is -0.340 e. The first-order valence-electron chi connectivity index (χ1n) is 4.02. The quantitative estimate of drug-likeness (QED) is 0.583. The number of unbranched alkanes of at least 4 members (excludes halogenated alkanes) is 1. The van der Waals surface area contributed by atoms with E-state index in [1.165, 1.54) is 19.4 Å². The second kappa shape index (κ2) is 3.06. The van der Waals surface area contributed by atoms with Gasteiger partial charge in [-0.1, -0.05) is 13.3 Å². The highest BCUT2D eigenvalue weighted by Crippen LogP contribution is 2.08. The van der Waals surface area contributed by atoms with E-state index < -0.39 is 0 Å². The van der Waals surface area contributed by atoms with Crippen molar-refractivity contribution >= 4 is 0 Å². The van der Waals surface area contributed by atoms with Crippen LogP contribution < -0.4 is 5.32 Å². The van der Waals surface area contributed by atoms with E-state index in [1.807, 2.05) is 0 Å². The molecule has 0 aromatic carbocycles. The van der Waals surface area contributed by atoms with Crippen molar-refractivity contribution in [3.05, 3.63) is 12.4 Å². The van der Waals surface area contributed by atoms with Crippen molar-refractivity contribution in [2.45, 2.75) is 19.8 Å². The van der Waals surface area contributed by atoms with Crippen LogP contribution in [0.5, 0.6) is 0 Å². The standard InChI is InChI=1S/C8H17N2/c1-3-4-6-10(2)7-5-9-8-10/h5,7,9H,3-4,6,8H2,1-2H3/q+1. The van der Waals surface area contributed by atoms with E-state index in [4.69, 9.17) is 0 Å². The first kappa shape index (κ1) is 7.61. The van der Waals surface area contributed by atoms with E-state index >= 15 is 0 Å². The summed E-state index contributed by atoms with van der Waals surface area (Å²) in [4.78, 5) is 0. The van der Waals surface area contributed by atoms with E-state index in [0.717, 1.165) is 11.2 Å². The molecule has 0 spiro atoms. The van der Waals surface area contributed by atoms with Crippen molar-refractivity contribution in [2.24, 2.45) is 0 Å². The highest BCUT2D eigenvalue weighted by Gasteiger charge is 2.20. The molecule has 1 aliphatic heterocycles. The van der Waals surface area contributed by atoms with E-state index in [0.29, 0.717) is 0 Å². The molecule has 0 saturated carbocycles. The van der Waals surface area contributed by atoms with Gasteiger partial charge in [-0.2, -0.15) is 0 Å². The normalized spacial score (nSPS) is 30.6. The molecule has 0 saturated heterocycles. The summed E-state index contributed by atoms with van der Waals surface area (Å²) in [5, 5.41) is 3.21. The highest BCUT2D eigenvalue weighted by molar-refractivity contribution is 4.76. The summed E-state index contributed by atoms with van der Waals surface area (Å²) < 4.78 is 1.06. The number of nitrogens with zero attached hydrogens (tertiary/aromatic N) is 1. The molecular formula is C8H17N2+. The molecule has 0 bridgehead atoms. The molecule has 1 aliphatic rings. The Balaban J connectivity index is 2.30. The average molecular weight is 141 g/mol. The fourth-order valence-electron chi connectivity index (χ4n) is 1.22. The smallest absolute Gasteiger partial charge is 0.155 e. The van der Waals surface area contributed by atoms with Crippen LogP contribution >= 0.6 is 0 Å². The fourth-order valence-corrected chi connectivity index (χ4v) is 1.22. The highest BCUT2D eigenvalue weighted by atomic mass is 15.4. The molecular weight excluding hydrogens is 124 g/mol. The third kappa shape index (κ3) is 1.74. The molecule has 0 aliphatic carbocycles. The van der Waals surface area contributed by atoms with Gasteiger partial charge in [-0.15, -0.1) is 0 Å². The molecule has 0 radical (unpaired) electrons. The van der Waals surface area contributed by atoms with Gasteiger partial charge < -0.3 is 5.32 Å². The lowest BCUT2D eigenvalue weighted by Gasteiger charge is -2.25. The summed E-state index contributed by atoms with van der Waals surface area (Å²) in [5.41, 5.74) is 0. The summed E-state index contributed by atoms with van der Waals surface area (Å²) in [7, 11) is 2.26. The molecule has 0 fully saturated rings. The van der Waals surface area contributed by atoms with Gasteiger partial charge in [0, 0.05) is 0 Å². The third-order valence-corrected chi connectivity index (χ3v) is 2.03. The predicted octanol–water partition coefficient (Wildman–Crippen LogP) is 1.26. The maximum atomic E-state index is 3.21. The Morgan fingerprint density at radius 2 is 2.40 bits per heavy atom. The summed E-state index contributed by atoms with van der Waals surface area (Å²) in [6.07, 6.45) is 6.90. The van der Waals surface area contributed by atoms with Gasteiger partial charge in [0.1, 0.15) is 6.20 Å². The summed E-state index contributed by atoms with van der Waals surface area (Å²) in [6, 6.07) is 0. The Hall–Kier alpha value is -0.500. The molecule has 1 N–H and O–H groups in total. The van der Waals surface area contributed by atoms with Gasteiger partial charge >= 0.3 is 0 Å². The fraction of sp³-hybridized carbons (Fsp3) is 0.750. The van der Waals surface area contributed by atoms with Crippen LogP contribution in [0.1, 0.15) is 19.8 Å². The maximum absolute atomic E-state index is 3.21. The van der Waals surface area contributed by atoms with Crippen LogP contribution in [0.4, 0.5) is 0 Å². The zero-order valence-corrected chi connectivity index (χ0v) is 6.93. The van der Waals surface area contributed by atoms with Crippen LogP contribution in [0, 0.1) is 0 Å². The molecule has 1 heterocycles. The molecule has 1 unspecified atom stereocenters. The number of nitrogens with one attached hydrogen (secondary N) is 1. The number of hydrogen-bond donors (Lipinski definition) is 1. The average Bonchev–Trinajstić information content (AvgIpc) is 2.33. The molecule has 2 heteroatoms. The summed E-state index contributed by atoms with van der Waals surface area (Å²) in [5.74, 6) is 0. The molecule has 2 nitrogen and oxygen atoms in total. The Morgan fingerprint density at radius 1 is 1.60 bits per heavy atom. The molecule has 0 aromatic heterocycles. The van der Waals surface area contributed by atoms with Crippen molar-refractivity contribution in [1.82, 2.24) is 5.32 Å². The van der Waals surface area contributed by atoms with Gasteiger partial charge in [0.15, 0.2) is 6.67 Å². The second-order valence-corrected chi connectivity index (χ2v) is 3.23. The van der Waals surface area contributed by atoms with Crippen molar-refractivity contribution in [3.8, 4) is 0 Å². The lowest BCUT2D eigenvalue weighted by molar-refractivity contribution is -0.856. The van der Waals surface area contributed by atoms with Crippen LogP contribution in [0.25, 0.3) is 0 Å². The molecule has 0 aromatic rings.